The molecule has 1 unspecified atom stereocenters. The van der Waals surface area contributed by atoms with Gasteiger partial charge in [0.25, 0.3) is 0 Å². The Bertz CT molecular complexity index is 403. The molecule has 100 valence electrons. The van der Waals surface area contributed by atoms with Crippen LogP contribution in [0.5, 0.6) is 0 Å². The fourth-order valence-corrected chi connectivity index (χ4v) is 2.73. The molecule has 1 fully saturated rings. The van der Waals surface area contributed by atoms with Crippen molar-refractivity contribution < 1.29 is 4.39 Å². The standard InChI is InChI=1S/C15H23FN2/c1-11(2)13-5-6-18(9-13)10-14-7-15(16)4-3-12(14)8-17/h3-4,7,11,13H,5-6,8-10,17H2,1-2H3. The first-order chi connectivity index (χ1) is 8.60. The molecule has 0 aromatic heterocycles. The van der Waals surface area contributed by atoms with E-state index in [1.807, 2.05) is 0 Å². The van der Waals surface area contributed by atoms with E-state index in [2.05, 4.69) is 18.7 Å². The summed E-state index contributed by atoms with van der Waals surface area (Å²) in [6.07, 6.45) is 1.25. The number of nitrogens with two attached hydrogens (primary N) is 1. The molecule has 1 atom stereocenters. The Kier molecular flexibility index (Phi) is 4.36. The van der Waals surface area contributed by atoms with Gasteiger partial charge in [-0.3, -0.25) is 4.90 Å². The molecule has 18 heavy (non-hydrogen) atoms. The van der Waals surface area contributed by atoms with Crippen LogP contribution >= 0.6 is 0 Å². The van der Waals surface area contributed by atoms with E-state index in [1.54, 1.807) is 12.1 Å². The van der Waals surface area contributed by atoms with E-state index in [4.69, 9.17) is 5.73 Å². The highest BCUT2D eigenvalue weighted by Crippen LogP contribution is 2.25. The first-order valence-corrected chi connectivity index (χ1v) is 6.80. The molecule has 2 nitrogen and oxygen atoms in total. The summed E-state index contributed by atoms with van der Waals surface area (Å²) in [5.41, 5.74) is 7.81. The van der Waals surface area contributed by atoms with Crippen LogP contribution in [-0.4, -0.2) is 18.0 Å². The van der Waals surface area contributed by atoms with Gasteiger partial charge in [-0.05, 0) is 48.1 Å². The molecule has 3 heteroatoms. The summed E-state index contributed by atoms with van der Waals surface area (Å²) in [5, 5.41) is 0. The molecule has 1 heterocycles. The third-order valence-corrected chi connectivity index (χ3v) is 4.03. The Hall–Kier alpha value is -0.930. The number of hydrogen-bond acceptors (Lipinski definition) is 2. The van der Waals surface area contributed by atoms with Gasteiger partial charge < -0.3 is 5.73 Å². The summed E-state index contributed by atoms with van der Waals surface area (Å²) >= 11 is 0. The number of rotatable bonds is 4. The highest BCUT2D eigenvalue weighted by atomic mass is 19.1. The minimum Gasteiger partial charge on any atom is -0.326 e. The summed E-state index contributed by atoms with van der Waals surface area (Å²) in [6, 6.07) is 4.93. The van der Waals surface area contributed by atoms with Crippen molar-refractivity contribution in [2.45, 2.75) is 33.4 Å². The molecule has 2 rings (SSSR count). The molecule has 1 saturated heterocycles. The van der Waals surface area contributed by atoms with E-state index >= 15 is 0 Å². The minimum atomic E-state index is -0.165. The topological polar surface area (TPSA) is 29.3 Å². The zero-order valence-electron chi connectivity index (χ0n) is 11.3. The van der Waals surface area contributed by atoms with Gasteiger partial charge in [0.05, 0.1) is 0 Å². The van der Waals surface area contributed by atoms with E-state index in [0.717, 1.165) is 42.6 Å². The Labute approximate surface area is 109 Å². The van der Waals surface area contributed by atoms with Crippen LogP contribution in [0, 0.1) is 17.7 Å². The summed E-state index contributed by atoms with van der Waals surface area (Å²) in [5.74, 6) is 1.35. The van der Waals surface area contributed by atoms with Crippen LogP contribution in [0.15, 0.2) is 18.2 Å². The van der Waals surface area contributed by atoms with Crippen LogP contribution in [0.4, 0.5) is 4.39 Å². The van der Waals surface area contributed by atoms with Gasteiger partial charge in [0.1, 0.15) is 5.82 Å². The van der Waals surface area contributed by atoms with Crippen molar-refractivity contribution in [3.05, 3.63) is 35.1 Å². The summed E-state index contributed by atoms with van der Waals surface area (Å²) in [7, 11) is 0. The molecular weight excluding hydrogens is 227 g/mol. The molecule has 1 aromatic carbocycles. The molecule has 1 aromatic rings. The molecular formula is C15H23FN2. The van der Waals surface area contributed by atoms with E-state index in [-0.39, 0.29) is 5.82 Å². The van der Waals surface area contributed by atoms with Crippen LogP contribution in [0.2, 0.25) is 0 Å². The molecule has 0 aliphatic carbocycles. The second kappa shape index (κ2) is 5.81. The molecule has 0 radical (unpaired) electrons. The number of nitrogens with zero attached hydrogens (tertiary/aromatic N) is 1. The molecule has 0 spiro atoms. The zero-order valence-corrected chi connectivity index (χ0v) is 11.3. The number of benzene rings is 1. The summed E-state index contributed by atoms with van der Waals surface area (Å²) < 4.78 is 13.3. The summed E-state index contributed by atoms with van der Waals surface area (Å²) in [6.45, 7) is 8.11. The van der Waals surface area contributed by atoms with E-state index < -0.39 is 0 Å². The third-order valence-electron chi connectivity index (χ3n) is 4.03. The van der Waals surface area contributed by atoms with Gasteiger partial charge in [0.2, 0.25) is 0 Å². The van der Waals surface area contributed by atoms with Crippen LogP contribution < -0.4 is 5.73 Å². The number of likely N-dealkylation sites (tertiary alicyclic amines) is 1. The van der Waals surface area contributed by atoms with Gasteiger partial charge in [-0.1, -0.05) is 19.9 Å². The van der Waals surface area contributed by atoms with Crippen LogP contribution in [0.25, 0.3) is 0 Å². The largest absolute Gasteiger partial charge is 0.326 e. The fourth-order valence-electron chi connectivity index (χ4n) is 2.73. The van der Waals surface area contributed by atoms with Crippen molar-refractivity contribution >= 4 is 0 Å². The van der Waals surface area contributed by atoms with Gasteiger partial charge in [-0.25, -0.2) is 4.39 Å². The highest BCUT2D eigenvalue weighted by Gasteiger charge is 2.25. The van der Waals surface area contributed by atoms with Crippen molar-refractivity contribution in [3.63, 3.8) is 0 Å². The van der Waals surface area contributed by atoms with Crippen molar-refractivity contribution in [1.82, 2.24) is 4.90 Å². The monoisotopic (exact) mass is 250 g/mol. The van der Waals surface area contributed by atoms with Crippen LogP contribution in [0.1, 0.15) is 31.4 Å². The molecule has 1 aliphatic heterocycles. The first kappa shape index (κ1) is 13.5. The van der Waals surface area contributed by atoms with Crippen molar-refractivity contribution in [3.8, 4) is 0 Å². The van der Waals surface area contributed by atoms with Gasteiger partial charge >= 0.3 is 0 Å². The Morgan fingerprint density at radius 1 is 1.39 bits per heavy atom. The van der Waals surface area contributed by atoms with Gasteiger partial charge in [-0.2, -0.15) is 0 Å². The molecule has 1 aliphatic rings. The molecule has 0 saturated carbocycles. The van der Waals surface area contributed by atoms with E-state index in [0.29, 0.717) is 6.54 Å². The Balaban J connectivity index is 2.04. The second-order valence-corrected chi connectivity index (χ2v) is 5.65. The lowest BCUT2D eigenvalue weighted by Crippen LogP contribution is -2.22. The van der Waals surface area contributed by atoms with Crippen LogP contribution in [-0.2, 0) is 13.1 Å². The number of halogens is 1. The molecule has 0 bridgehead atoms. The predicted molar refractivity (Wildman–Crippen MR) is 72.5 cm³/mol. The smallest absolute Gasteiger partial charge is 0.123 e. The van der Waals surface area contributed by atoms with E-state index in [9.17, 15) is 4.39 Å². The van der Waals surface area contributed by atoms with Crippen molar-refractivity contribution in [2.75, 3.05) is 13.1 Å². The average Bonchev–Trinajstić information content (AvgIpc) is 2.78. The lowest BCUT2D eigenvalue weighted by Gasteiger charge is -2.19. The maximum atomic E-state index is 13.3. The van der Waals surface area contributed by atoms with Gasteiger partial charge in [0.15, 0.2) is 0 Å². The fraction of sp³-hybridized carbons (Fsp3) is 0.600. The molecule has 0 amide bonds. The van der Waals surface area contributed by atoms with Crippen LogP contribution in [0.3, 0.4) is 0 Å². The van der Waals surface area contributed by atoms with Crippen molar-refractivity contribution in [1.29, 1.82) is 0 Å². The maximum Gasteiger partial charge on any atom is 0.123 e. The Morgan fingerprint density at radius 2 is 2.17 bits per heavy atom. The zero-order chi connectivity index (χ0) is 13.1. The lowest BCUT2D eigenvalue weighted by atomic mass is 9.95. The molecule has 2 N–H and O–H groups in total. The second-order valence-electron chi connectivity index (χ2n) is 5.65. The van der Waals surface area contributed by atoms with Gasteiger partial charge in [0, 0.05) is 19.6 Å². The highest BCUT2D eigenvalue weighted by molar-refractivity contribution is 5.27. The lowest BCUT2D eigenvalue weighted by molar-refractivity contribution is 0.295. The van der Waals surface area contributed by atoms with Crippen molar-refractivity contribution in [2.24, 2.45) is 17.6 Å². The third kappa shape index (κ3) is 3.09. The maximum absolute atomic E-state index is 13.3. The minimum absolute atomic E-state index is 0.165. The SMILES string of the molecule is CC(C)C1CCN(Cc2cc(F)ccc2CN)C1. The predicted octanol–water partition coefficient (Wildman–Crippen LogP) is 2.76. The number of hydrogen-bond donors (Lipinski definition) is 1. The normalized spacial score (nSPS) is 20.8. The summed E-state index contributed by atoms with van der Waals surface area (Å²) in [4.78, 5) is 2.42. The average molecular weight is 250 g/mol. The van der Waals surface area contributed by atoms with E-state index in [1.165, 1.54) is 12.5 Å². The Morgan fingerprint density at radius 3 is 2.78 bits per heavy atom. The first-order valence-electron chi connectivity index (χ1n) is 6.80. The quantitative estimate of drug-likeness (QED) is 0.890. The van der Waals surface area contributed by atoms with Gasteiger partial charge in [-0.15, -0.1) is 0 Å².